The highest BCUT2D eigenvalue weighted by atomic mass is 35.5. The predicted octanol–water partition coefficient (Wildman–Crippen LogP) is 5.46. The zero-order valence-electron chi connectivity index (χ0n) is 16.4. The van der Waals surface area contributed by atoms with Gasteiger partial charge in [0, 0.05) is 39.9 Å². The fourth-order valence-electron chi connectivity index (χ4n) is 3.69. The number of hydrogen-bond donors (Lipinski definition) is 1. The van der Waals surface area contributed by atoms with Crippen molar-refractivity contribution in [1.29, 1.82) is 0 Å². The first kappa shape index (κ1) is 21.4. The van der Waals surface area contributed by atoms with Gasteiger partial charge in [0.2, 0.25) is 5.75 Å². The second-order valence-corrected chi connectivity index (χ2v) is 10.2. The minimum atomic E-state index is -3.62. The maximum absolute atomic E-state index is 13.6. The fourth-order valence-corrected chi connectivity index (χ4v) is 5.95. The van der Waals surface area contributed by atoms with Crippen LogP contribution in [-0.4, -0.2) is 21.5 Å². The molecule has 0 radical (unpaired) electrons. The molecule has 1 aliphatic heterocycles. The minimum Gasteiger partial charge on any atom is -0.305 e. The lowest BCUT2D eigenvalue weighted by molar-refractivity contribution is 0.0875. The summed E-state index contributed by atoms with van der Waals surface area (Å²) in [7, 11) is -6.43. The molecule has 3 heterocycles. The first-order valence-corrected chi connectivity index (χ1v) is 12.7. The highest BCUT2D eigenvalue weighted by molar-refractivity contribution is 7.62. The molecule has 4 aromatic rings. The van der Waals surface area contributed by atoms with Crippen molar-refractivity contribution in [2.45, 2.75) is 12.5 Å². The van der Waals surface area contributed by atoms with Gasteiger partial charge in [-0.2, -0.15) is 0 Å². The van der Waals surface area contributed by atoms with Gasteiger partial charge in [-0.05, 0) is 29.8 Å². The number of halogens is 1. The Morgan fingerprint density at radius 3 is 2.84 bits per heavy atom. The van der Waals surface area contributed by atoms with Gasteiger partial charge in [-0.25, -0.2) is 4.52 Å². The second-order valence-electron chi connectivity index (χ2n) is 7.13. The summed E-state index contributed by atoms with van der Waals surface area (Å²) in [5.74, 6) is 0.225. The van der Waals surface area contributed by atoms with Crippen molar-refractivity contribution in [2.75, 3.05) is 6.61 Å². The number of benzene rings is 2. The summed E-state index contributed by atoms with van der Waals surface area (Å²) in [6, 6.07) is 13.9. The van der Waals surface area contributed by atoms with Gasteiger partial charge in [0.05, 0.1) is 28.9 Å². The first-order chi connectivity index (χ1) is 15.4. The van der Waals surface area contributed by atoms with E-state index < -0.39 is 22.0 Å². The number of fused-ring (bicyclic) bond motifs is 3. The Labute approximate surface area is 188 Å². The summed E-state index contributed by atoms with van der Waals surface area (Å²) in [4.78, 5) is 17.9. The molecule has 2 unspecified atom stereocenters. The predicted molar refractivity (Wildman–Crippen MR) is 121 cm³/mol. The molecule has 0 amide bonds. The molecule has 1 N–H and O–H groups in total. The number of nitrogens with zero attached hydrogens (tertiary/aromatic N) is 2. The van der Waals surface area contributed by atoms with Gasteiger partial charge in [-0.3, -0.25) is 19.1 Å². The number of hydrogen-bond acceptors (Lipinski definition) is 7. The van der Waals surface area contributed by atoms with Crippen molar-refractivity contribution in [1.82, 2.24) is 9.97 Å². The van der Waals surface area contributed by atoms with E-state index in [1.54, 1.807) is 30.3 Å². The highest BCUT2D eigenvalue weighted by Crippen LogP contribution is 2.55. The number of aromatic nitrogens is 2. The van der Waals surface area contributed by atoms with Crippen LogP contribution in [0.25, 0.3) is 21.8 Å². The Bertz CT molecular complexity index is 1420. The van der Waals surface area contributed by atoms with Crippen LogP contribution < -0.4 is 9.83 Å². The molecular weight excluding hydrogens is 474 g/mol. The summed E-state index contributed by atoms with van der Waals surface area (Å²) >= 11 is 6.09. The zero-order valence-corrected chi connectivity index (χ0v) is 19.0. The Morgan fingerprint density at radius 1 is 1.16 bits per heavy atom. The molecule has 162 valence electrons. The quantitative estimate of drug-likeness (QED) is 0.297. The van der Waals surface area contributed by atoms with Gasteiger partial charge in [0.1, 0.15) is 5.52 Å². The van der Waals surface area contributed by atoms with Gasteiger partial charge in [0.15, 0.2) is 0 Å². The van der Waals surface area contributed by atoms with E-state index in [2.05, 4.69) is 9.97 Å². The van der Waals surface area contributed by atoms with Crippen molar-refractivity contribution >= 4 is 54.6 Å². The van der Waals surface area contributed by atoms with Crippen LogP contribution in [0.3, 0.4) is 0 Å². The van der Waals surface area contributed by atoms with Crippen LogP contribution in [0.5, 0.6) is 5.75 Å². The molecule has 3 atom stereocenters. The molecule has 2 aromatic heterocycles. The normalized spacial score (nSPS) is 21.6. The molecule has 1 fully saturated rings. The molecule has 32 heavy (non-hydrogen) atoms. The Kier molecular flexibility index (Phi) is 5.68. The van der Waals surface area contributed by atoms with E-state index in [1.807, 2.05) is 12.1 Å². The molecule has 2 aromatic carbocycles. The van der Waals surface area contributed by atoms with Gasteiger partial charge >= 0.3 is 15.9 Å². The molecule has 0 spiro atoms. The lowest BCUT2D eigenvalue weighted by Crippen LogP contribution is -2.20. The molecule has 8 nitrogen and oxygen atoms in total. The van der Waals surface area contributed by atoms with E-state index in [4.69, 9.17) is 30.1 Å². The summed E-state index contributed by atoms with van der Waals surface area (Å²) in [5, 5.41) is 2.12. The largest absolute Gasteiger partial charge is 0.747 e. The number of rotatable bonds is 4. The second kappa shape index (κ2) is 8.49. The van der Waals surface area contributed by atoms with Crippen LogP contribution in [-0.2, 0) is 18.2 Å². The van der Waals surface area contributed by atoms with E-state index in [1.165, 1.54) is 18.5 Å². The summed E-state index contributed by atoms with van der Waals surface area (Å²) in [6.45, 7) is 0.270. The van der Waals surface area contributed by atoms with Gasteiger partial charge in [-0.15, -0.1) is 4.89 Å². The SMILES string of the molecule is O=[P+](O)Oc1ccnc2c1ccc1cc(P3(=O)OCC[C@@H](c4cccc(Cl)c4)O3)cnc12. The van der Waals surface area contributed by atoms with Crippen molar-refractivity contribution in [3.05, 3.63) is 71.5 Å². The lowest BCUT2D eigenvalue weighted by atomic mass is 10.1. The van der Waals surface area contributed by atoms with Crippen molar-refractivity contribution in [3.8, 4) is 5.75 Å². The first-order valence-electron chi connectivity index (χ1n) is 9.63. The topological polar surface area (TPSA) is 108 Å². The molecule has 1 saturated heterocycles. The minimum absolute atomic E-state index is 0.225. The van der Waals surface area contributed by atoms with E-state index in [-0.39, 0.29) is 12.4 Å². The highest BCUT2D eigenvalue weighted by Gasteiger charge is 2.37. The maximum atomic E-state index is 13.6. The van der Waals surface area contributed by atoms with Crippen LogP contribution >= 0.6 is 27.5 Å². The molecule has 0 saturated carbocycles. The molecule has 1 aliphatic rings. The average Bonchev–Trinajstić information content (AvgIpc) is 2.78. The Morgan fingerprint density at radius 2 is 2.03 bits per heavy atom. The smallest absolute Gasteiger partial charge is 0.305 e. The summed E-state index contributed by atoms with van der Waals surface area (Å²) in [5.41, 5.74) is 1.85. The zero-order chi connectivity index (χ0) is 22.3. The van der Waals surface area contributed by atoms with Crippen LogP contribution in [0.15, 0.2) is 60.9 Å². The van der Waals surface area contributed by atoms with Gasteiger partial charge < -0.3 is 4.52 Å². The van der Waals surface area contributed by atoms with E-state index in [9.17, 15) is 9.13 Å². The standard InChI is InChI=1S/C21H15ClN2O6P2/c22-15-3-1-2-13(10-15)18-7-9-28-32(27,30-18)16-11-14-4-5-17-19(29-31(25)26)6-8-23-21(17)20(14)24-12-16/h1-6,8,10-12,18H,7,9H2/p+1/t18-,32?/m0/s1. The Balaban J connectivity index is 1.53. The van der Waals surface area contributed by atoms with E-state index in [0.717, 1.165) is 5.56 Å². The molecule has 11 heteroatoms. The Hall–Kier alpha value is -2.44. The third-order valence-electron chi connectivity index (χ3n) is 5.13. The van der Waals surface area contributed by atoms with Crippen molar-refractivity contribution in [3.63, 3.8) is 0 Å². The molecule has 0 bridgehead atoms. The third-order valence-corrected chi connectivity index (χ3v) is 7.65. The average molecular weight is 490 g/mol. The third kappa shape index (κ3) is 4.02. The maximum Gasteiger partial charge on any atom is 0.747 e. The lowest BCUT2D eigenvalue weighted by Gasteiger charge is -2.30. The summed E-state index contributed by atoms with van der Waals surface area (Å²) in [6.07, 6.45) is 3.05. The van der Waals surface area contributed by atoms with Gasteiger partial charge in [-0.1, -0.05) is 29.8 Å². The summed E-state index contributed by atoms with van der Waals surface area (Å²) < 4.78 is 41.2. The monoisotopic (exact) mass is 489 g/mol. The van der Waals surface area contributed by atoms with E-state index in [0.29, 0.717) is 38.6 Å². The van der Waals surface area contributed by atoms with Crippen LogP contribution in [0.1, 0.15) is 18.1 Å². The van der Waals surface area contributed by atoms with Gasteiger partial charge in [0.25, 0.3) is 0 Å². The van der Waals surface area contributed by atoms with E-state index >= 15 is 0 Å². The van der Waals surface area contributed by atoms with Crippen LogP contribution in [0.2, 0.25) is 5.02 Å². The van der Waals surface area contributed by atoms with Crippen LogP contribution in [0.4, 0.5) is 0 Å². The van der Waals surface area contributed by atoms with Crippen molar-refractivity contribution in [2.24, 2.45) is 0 Å². The van der Waals surface area contributed by atoms with Crippen molar-refractivity contribution < 1.29 is 27.6 Å². The van der Waals surface area contributed by atoms with Crippen LogP contribution in [0, 0.1) is 0 Å². The fraction of sp³-hybridized carbons (Fsp3) is 0.143. The molecular formula is C21H16ClN2O6P2+. The molecule has 0 aliphatic carbocycles. The molecule has 5 rings (SSSR count). The number of pyridine rings is 2.